The standard InChI is InChI=1S/C18H25N3O/c22-18(19-14-16-6-4-5-7-16)21-12-10-20(11-13-21)15-17-8-2-1-3-9-17/h1-3,8-9,14H,4-7,10-13,15H2,(H,19,22). The van der Waals surface area contributed by atoms with Gasteiger partial charge in [-0.1, -0.05) is 35.9 Å². The van der Waals surface area contributed by atoms with Crippen LogP contribution in [0.1, 0.15) is 31.2 Å². The smallest absolute Gasteiger partial charge is 0.321 e. The van der Waals surface area contributed by atoms with Gasteiger partial charge in [0.2, 0.25) is 0 Å². The fraction of sp³-hybridized carbons (Fsp3) is 0.500. The third-order valence-corrected chi connectivity index (χ3v) is 4.55. The van der Waals surface area contributed by atoms with E-state index in [-0.39, 0.29) is 6.03 Å². The quantitative estimate of drug-likeness (QED) is 0.931. The molecule has 1 heterocycles. The molecule has 2 amide bonds. The van der Waals surface area contributed by atoms with Gasteiger partial charge in [0, 0.05) is 38.9 Å². The molecule has 0 atom stereocenters. The van der Waals surface area contributed by atoms with Gasteiger partial charge in [-0.3, -0.25) is 4.90 Å². The Balaban J connectivity index is 1.43. The summed E-state index contributed by atoms with van der Waals surface area (Å²) in [5.74, 6) is 0. The van der Waals surface area contributed by atoms with Crippen molar-refractivity contribution in [3.8, 4) is 0 Å². The lowest BCUT2D eigenvalue weighted by molar-refractivity contribution is 0.137. The number of rotatable bonds is 3. The molecule has 118 valence electrons. The predicted octanol–water partition coefficient (Wildman–Crippen LogP) is 2.97. The van der Waals surface area contributed by atoms with E-state index in [1.54, 1.807) is 0 Å². The molecule has 0 spiro atoms. The molecule has 1 aromatic carbocycles. The van der Waals surface area contributed by atoms with Gasteiger partial charge in [0.1, 0.15) is 0 Å². The van der Waals surface area contributed by atoms with Gasteiger partial charge in [0.15, 0.2) is 0 Å². The maximum absolute atomic E-state index is 12.2. The first kappa shape index (κ1) is 15.1. The number of nitrogens with zero attached hydrogens (tertiary/aromatic N) is 2. The summed E-state index contributed by atoms with van der Waals surface area (Å²) in [6, 6.07) is 10.6. The molecular formula is C18H25N3O. The maximum Gasteiger partial charge on any atom is 0.321 e. The van der Waals surface area contributed by atoms with Crippen molar-refractivity contribution in [2.24, 2.45) is 0 Å². The zero-order valence-corrected chi connectivity index (χ0v) is 13.1. The molecule has 4 heteroatoms. The Bertz CT molecular complexity index is 510. The number of urea groups is 1. The lowest BCUT2D eigenvalue weighted by Crippen LogP contribution is -2.50. The van der Waals surface area contributed by atoms with Crippen molar-refractivity contribution >= 4 is 6.03 Å². The molecule has 0 bridgehead atoms. The van der Waals surface area contributed by atoms with E-state index in [2.05, 4.69) is 34.5 Å². The van der Waals surface area contributed by atoms with E-state index in [9.17, 15) is 4.79 Å². The fourth-order valence-electron chi connectivity index (χ4n) is 3.18. The second-order valence-electron chi connectivity index (χ2n) is 6.21. The average Bonchev–Trinajstić information content (AvgIpc) is 3.08. The number of hydrogen-bond donors (Lipinski definition) is 1. The first-order valence-electron chi connectivity index (χ1n) is 8.31. The van der Waals surface area contributed by atoms with Crippen LogP contribution >= 0.6 is 0 Å². The summed E-state index contributed by atoms with van der Waals surface area (Å²) in [6.07, 6.45) is 6.75. The Morgan fingerprint density at radius 2 is 1.73 bits per heavy atom. The summed E-state index contributed by atoms with van der Waals surface area (Å²) in [6.45, 7) is 4.47. The molecule has 0 unspecified atom stereocenters. The Hall–Kier alpha value is -1.81. The lowest BCUT2D eigenvalue weighted by atomic mass is 10.2. The van der Waals surface area contributed by atoms with Crippen LogP contribution < -0.4 is 5.32 Å². The maximum atomic E-state index is 12.2. The summed E-state index contributed by atoms with van der Waals surface area (Å²) >= 11 is 0. The van der Waals surface area contributed by atoms with Gasteiger partial charge in [-0.05, 0) is 31.2 Å². The van der Waals surface area contributed by atoms with Crippen LogP contribution in [0, 0.1) is 0 Å². The van der Waals surface area contributed by atoms with Gasteiger partial charge in [0.05, 0.1) is 0 Å². The van der Waals surface area contributed by atoms with Gasteiger partial charge >= 0.3 is 6.03 Å². The SMILES string of the molecule is O=C(NC=C1CCCC1)N1CCN(Cc2ccccc2)CC1. The Morgan fingerprint density at radius 3 is 2.41 bits per heavy atom. The molecular weight excluding hydrogens is 274 g/mol. The van der Waals surface area contributed by atoms with E-state index >= 15 is 0 Å². The number of piperazine rings is 1. The van der Waals surface area contributed by atoms with Crippen LogP contribution in [0.15, 0.2) is 42.1 Å². The van der Waals surface area contributed by atoms with Crippen LogP contribution in [0.4, 0.5) is 4.79 Å². The van der Waals surface area contributed by atoms with Crippen LogP contribution in [0.3, 0.4) is 0 Å². The molecule has 1 N–H and O–H groups in total. The Kier molecular flexibility index (Phi) is 5.11. The van der Waals surface area contributed by atoms with Crippen molar-refractivity contribution in [3.05, 3.63) is 47.7 Å². The summed E-state index contributed by atoms with van der Waals surface area (Å²) < 4.78 is 0. The molecule has 0 radical (unpaired) electrons. The first-order valence-corrected chi connectivity index (χ1v) is 8.31. The minimum Gasteiger partial charge on any atom is -0.322 e. The van der Waals surface area contributed by atoms with E-state index in [0.717, 1.165) is 45.6 Å². The highest BCUT2D eigenvalue weighted by atomic mass is 16.2. The number of carbonyl (C=O) groups is 1. The van der Waals surface area contributed by atoms with Gasteiger partial charge in [-0.2, -0.15) is 0 Å². The summed E-state index contributed by atoms with van der Waals surface area (Å²) in [4.78, 5) is 16.5. The van der Waals surface area contributed by atoms with Crippen molar-refractivity contribution in [2.75, 3.05) is 26.2 Å². The zero-order valence-electron chi connectivity index (χ0n) is 13.1. The number of carbonyl (C=O) groups excluding carboxylic acids is 1. The minimum absolute atomic E-state index is 0.0544. The largest absolute Gasteiger partial charge is 0.322 e. The predicted molar refractivity (Wildman–Crippen MR) is 88.4 cm³/mol. The molecule has 3 rings (SSSR count). The Morgan fingerprint density at radius 1 is 1.05 bits per heavy atom. The van der Waals surface area contributed by atoms with Gasteiger partial charge < -0.3 is 10.2 Å². The molecule has 4 nitrogen and oxygen atoms in total. The molecule has 1 aliphatic carbocycles. The highest BCUT2D eigenvalue weighted by molar-refractivity contribution is 5.75. The number of benzene rings is 1. The molecule has 1 aromatic rings. The molecule has 0 aromatic heterocycles. The van der Waals surface area contributed by atoms with Crippen molar-refractivity contribution in [3.63, 3.8) is 0 Å². The van der Waals surface area contributed by atoms with Crippen molar-refractivity contribution in [1.29, 1.82) is 0 Å². The zero-order chi connectivity index (χ0) is 15.2. The van der Waals surface area contributed by atoms with Crippen molar-refractivity contribution in [2.45, 2.75) is 32.2 Å². The van der Waals surface area contributed by atoms with Crippen LogP contribution in [0.5, 0.6) is 0 Å². The molecule has 1 aliphatic heterocycles. The number of nitrogens with one attached hydrogen (secondary N) is 1. The van der Waals surface area contributed by atoms with Crippen LogP contribution in [0.25, 0.3) is 0 Å². The number of amides is 2. The third kappa shape index (κ3) is 4.10. The molecule has 1 saturated heterocycles. The monoisotopic (exact) mass is 299 g/mol. The fourth-order valence-corrected chi connectivity index (χ4v) is 3.18. The highest BCUT2D eigenvalue weighted by Crippen LogP contribution is 2.22. The summed E-state index contributed by atoms with van der Waals surface area (Å²) in [7, 11) is 0. The second-order valence-corrected chi connectivity index (χ2v) is 6.21. The lowest BCUT2D eigenvalue weighted by Gasteiger charge is -2.34. The number of hydrogen-bond acceptors (Lipinski definition) is 2. The third-order valence-electron chi connectivity index (χ3n) is 4.55. The van der Waals surface area contributed by atoms with Crippen LogP contribution in [0.2, 0.25) is 0 Å². The van der Waals surface area contributed by atoms with Crippen molar-refractivity contribution < 1.29 is 4.79 Å². The molecule has 2 aliphatic rings. The minimum atomic E-state index is 0.0544. The van der Waals surface area contributed by atoms with Gasteiger partial charge in [-0.15, -0.1) is 0 Å². The molecule has 2 fully saturated rings. The molecule has 1 saturated carbocycles. The van der Waals surface area contributed by atoms with E-state index in [1.807, 2.05) is 17.2 Å². The van der Waals surface area contributed by atoms with Crippen LogP contribution in [-0.4, -0.2) is 42.0 Å². The second kappa shape index (κ2) is 7.45. The topological polar surface area (TPSA) is 35.6 Å². The summed E-state index contributed by atoms with van der Waals surface area (Å²) in [5.41, 5.74) is 2.72. The Labute approximate surface area is 132 Å². The van der Waals surface area contributed by atoms with E-state index in [1.165, 1.54) is 24.0 Å². The van der Waals surface area contributed by atoms with Gasteiger partial charge in [0.25, 0.3) is 0 Å². The number of allylic oxidation sites excluding steroid dienone is 1. The van der Waals surface area contributed by atoms with Gasteiger partial charge in [-0.25, -0.2) is 4.79 Å². The highest BCUT2D eigenvalue weighted by Gasteiger charge is 2.20. The normalized spacial score (nSPS) is 19.3. The average molecular weight is 299 g/mol. The summed E-state index contributed by atoms with van der Waals surface area (Å²) in [5, 5.41) is 2.97. The van der Waals surface area contributed by atoms with E-state index < -0.39 is 0 Å². The molecule has 22 heavy (non-hydrogen) atoms. The van der Waals surface area contributed by atoms with E-state index in [0.29, 0.717) is 0 Å². The van der Waals surface area contributed by atoms with Crippen LogP contribution in [-0.2, 0) is 6.54 Å². The first-order chi connectivity index (χ1) is 10.8. The van der Waals surface area contributed by atoms with Crippen molar-refractivity contribution in [1.82, 2.24) is 15.1 Å². The van der Waals surface area contributed by atoms with E-state index in [4.69, 9.17) is 0 Å².